The van der Waals surface area contributed by atoms with E-state index in [1.807, 2.05) is 0 Å². The second-order valence-corrected chi connectivity index (χ2v) is 2.31. The Morgan fingerprint density at radius 3 is 2.90 bits per heavy atom. The molecule has 0 aromatic carbocycles. The van der Waals surface area contributed by atoms with Gasteiger partial charge in [-0.1, -0.05) is 0 Å². The van der Waals surface area contributed by atoms with Gasteiger partial charge in [0.2, 0.25) is 0 Å². The normalized spacial score (nSPS) is 24.4. The number of ether oxygens (including phenoxy) is 1. The zero-order chi connectivity index (χ0) is 7.56. The molecule has 0 spiro atoms. The molecule has 0 bridgehead atoms. The minimum absolute atomic E-state index is 0.0573. The third-order valence-electron chi connectivity index (χ3n) is 1.43. The lowest BCUT2D eigenvalue weighted by atomic mass is 10.2. The maximum atomic E-state index is 10.7. The highest BCUT2D eigenvalue weighted by Crippen LogP contribution is 2.14. The van der Waals surface area contributed by atoms with Crippen LogP contribution in [0, 0.1) is 0 Å². The molecule has 1 N–H and O–H groups in total. The Labute approximate surface area is 59.3 Å². The molecular formula is C7H10O3. The quantitative estimate of drug-likeness (QED) is 0.562. The molecule has 0 amide bonds. The largest absolute Gasteiger partial charge is 0.455 e. The van der Waals surface area contributed by atoms with Crippen molar-refractivity contribution in [3.05, 3.63) is 11.6 Å². The van der Waals surface area contributed by atoms with Gasteiger partial charge >= 0.3 is 5.97 Å². The number of carbonyl (C=O) groups excluding carboxylic acids is 1. The molecular weight excluding hydrogens is 132 g/mol. The molecule has 0 saturated heterocycles. The van der Waals surface area contributed by atoms with Gasteiger partial charge in [0.05, 0.1) is 0 Å². The number of rotatable bonds is 2. The summed E-state index contributed by atoms with van der Waals surface area (Å²) in [5, 5.41) is 8.48. The minimum Gasteiger partial charge on any atom is -0.455 e. The van der Waals surface area contributed by atoms with Crippen LogP contribution in [0.1, 0.15) is 13.3 Å². The van der Waals surface area contributed by atoms with Gasteiger partial charge in [0.15, 0.2) is 0 Å². The maximum Gasteiger partial charge on any atom is 0.334 e. The van der Waals surface area contributed by atoms with Gasteiger partial charge < -0.3 is 9.84 Å². The average molecular weight is 142 g/mol. The van der Waals surface area contributed by atoms with Crippen molar-refractivity contribution in [1.82, 2.24) is 0 Å². The summed E-state index contributed by atoms with van der Waals surface area (Å²) in [5.41, 5.74) is 0.637. The van der Waals surface area contributed by atoms with Gasteiger partial charge in [-0.25, -0.2) is 4.79 Å². The fourth-order valence-electron chi connectivity index (χ4n) is 0.881. The average Bonchev–Trinajstić information content (AvgIpc) is 2.14. The fourth-order valence-corrected chi connectivity index (χ4v) is 0.881. The van der Waals surface area contributed by atoms with Crippen molar-refractivity contribution in [3.8, 4) is 0 Å². The molecule has 1 unspecified atom stereocenters. The van der Waals surface area contributed by atoms with Crippen molar-refractivity contribution in [3.63, 3.8) is 0 Å². The Hall–Kier alpha value is -0.830. The van der Waals surface area contributed by atoms with Crippen molar-refractivity contribution < 1.29 is 14.6 Å². The van der Waals surface area contributed by atoms with Crippen LogP contribution in [-0.4, -0.2) is 23.8 Å². The molecule has 1 aliphatic rings. The van der Waals surface area contributed by atoms with E-state index in [0.717, 1.165) is 0 Å². The lowest BCUT2D eigenvalue weighted by Crippen LogP contribution is -2.09. The number of carbonyl (C=O) groups is 1. The molecule has 0 saturated carbocycles. The Bertz CT molecular complexity index is 172. The number of esters is 1. The zero-order valence-electron chi connectivity index (χ0n) is 5.83. The molecule has 1 heterocycles. The summed E-state index contributed by atoms with van der Waals surface area (Å²) in [7, 11) is 0. The van der Waals surface area contributed by atoms with Crippen molar-refractivity contribution in [2.75, 3.05) is 6.61 Å². The number of hydrogen-bond acceptors (Lipinski definition) is 3. The molecule has 1 rings (SSSR count). The summed E-state index contributed by atoms with van der Waals surface area (Å²) < 4.78 is 4.82. The summed E-state index contributed by atoms with van der Waals surface area (Å²) in [5.74, 6) is -0.265. The van der Waals surface area contributed by atoms with Crippen molar-refractivity contribution in [2.24, 2.45) is 0 Å². The Balaban J connectivity index is 2.48. The van der Waals surface area contributed by atoms with E-state index in [1.165, 1.54) is 0 Å². The number of aliphatic hydroxyl groups is 1. The van der Waals surface area contributed by atoms with Crippen LogP contribution in [0.5, 0.6) is 0 Å². The fraction of sp³-hybridized carbons (Fsp3) is 0.571. The molecule has 0 radical (unpaired) electrons. The minimum atomic E-state index is -0.265. The first-order valence-electron chi connectivity index (χ1n) is 3.24. The standard InChI is InChI=1S/C7H10O3/c1-5-4-6(2-3-8)10-7(5)9/h4,6,8H,2-3H2,1H3. The molecule has 56 valence electrons. The first-order valence-corrected chi connectivity index (χ1v) is 3.24. The van der Waals surface area contributed by atoms with Crippen LogP contribution in [0.3, 0.4) is 0 Å². The van der Waals surface area contributed by atoms with E-state index in [2.05, 4.69) is 0 Å². The predicted molar refractivity (Wildman–Crippen MR) is 35.3 cm³/mol. The van der Waals surface area contributed by atoms with Crippen LogP contribution in [-0.2, 0) is 9.53 Å². The van der Waals surface area contributed by atoms with Crippen LogP contribution >= 0.6 is 0 Å². The van der Waals surface area contributed by atoms with E-state index in [9.17, 15) is 4.79 Å². The van der Waals surface area contributed by atoms with Gasteiger partial charge in [-0.3, -0.25) is 0 Å². The lowest BCUT2D eigenvalue weighted by Gasteiger charge is -2.03. The zero-order valence-corrected chi connectivity index (χ0v) is 5.83. The highest BCUT2D eigenvalue weighted by Gasteiger charge is 2.20. The molecule has 0 aromatic rings. The Morgan fingerprint density at radius 2 is 2.50 bits per heavy atom. The van der Waals surface area contributed by atoms with E-state index >= 15 is 0 Å². The lowest BCUT2D eigenvalue weighted by molar-refractivity contribution is -0.139. The second-order valence-electron chi connectivity index (χ2n) is 2.31. The van der Waals surface area contributed by atoms with Crippen LogP contribution < -0.4 is 0 Å². The van der Waals surface area contributed by atoms with Gasteiger partial charge in [0.25, 0.3) is 0 Å². The third kappa shape index (κ3) is 1.36. The summed E-state index contributed by atoms with van der Waals surface area (Å²) >= 11 is 0. The molecule has 10 heavy (non-hydrogen) atoms. The highest BCUT2D eigenvalue weighted by molar-refractivity contribution is 5.90. The van der Waals surface area contributed by atoms with Gasteiger partial charge in [-0.2, -0.15) is 0 Å². The molecule has 0 aliphatic carbocycles. The summed E-state index contributed by atoms with van der Waals surface area (Å²) in [4.78, 5) is 10.7. The maximum absolute atomic E-state index is 10.7. The second kappa shape index (κ2) is 2.84. The molecule has 1 atom stereocenters. The third-order valence-corrected chi connectivity index (χ3v) is 1.43. The summed E-state index contributed by atoms with van der Waals surface area (Å²) in [6, 6.07) is 0. The monoisotopic (exact) mass is 142 g/mol. The van der Waals surface area contributed by atoms with Gasteiger partial charge in [0.1, 0.15) is 6.10 Å². The van der Waals surface area contributed by atoms with Gasteiger partial charge in [-0.15, -0.1) is 0 Å². The molecule has 1 aliphatic heterocycles. The first kappa shape index (κ1) is 7.28. The van der Waals surface area contributed by atoms with Crippen LogP contribution in [0.15, 0.2) is 11.6 Å². The SMILES string of the molecule is CC1=CC(CCO)OC1=O. The van der Waals surface area contributed by atoms with Gasteiger partial charge in [-0.05, 0) is 13.0 Å². The molecule has 3 nitrogen and oxygen atoms in total. The van der Waals surface area contributed by atoms with Crippen LogP contribution in [0.25, 0.3) is 0 Å². The molecule has 3 heteroatoms. The van der Waals surface area contributed by atoms with Crippen LogP contribution in [0.4, 0.5) is 0 Å². The van der Waals surface area contributed by atoms with Gasteiger partial charge in [0, 0.05) is 18.6 Å². The van der Waals surface area contributed by atoms with E-state index in [1.54, 1.807) is 13.0 Å². The van der Waals surface area contributed by atoms with E-state index < -0.39 is 0 Å². The Morgan fingerprint density at radius 1 is 1.80 bits per heavy atom. The summed E-state index contributed by atoms with van der Waals surface area (Å²) in [6.07, 6.45) is 2.04. The highest BCUT2D eigenvalue weighted by atomic mass is 16.5. The predicted octanol–water partition coefficient (Wildman–Crippen LogP) is 0.240. The molecule has 0 fully saturated rings. The van der Waals surface area contributed by atoms with Crippen molar-refractivity contribution in [2.45, 2.75) is 19.4 Å². The van der Waals surface area contributed by atoms with Crippen LogP contribution in [0.2, 0.25) is 0 Å². The summed E-state index contributed by atoms with van der Waals surface area (Å²) in [6.45, 7) is 1.77. The van der Waals surface area contributed by atoms with E-state index in [4.69, 9.17) is 9.84 Å². The topological polar surface area (TPSA) is 46.5 Å². The number of hydrogen-bond donors (Lipinski definition) is 1. The number of aliphatic hydroxyl groups excluding tert-OH is 1. The smallest absolute Gasteiger partial charge is 0.334 e. The molecule has 0 aromatic heterocycles. The van der Waals surface area contributed by atoms with E-state index in [0.29, 0.717) is 12.0 Å². The first-order chi connectivity index (χ1) is 4.74. The van der Waals surface area contributed by atoms with Crippen molar-refractivity contribution >= 4 is 5.97 Å². The van der Waals surface area contributed by atoms with E-state index in [-0.39, 0.29) is 18.7 Å². The Kier molecular flexibility index (Phi) is 2.06. The van der Waals surface area contributed by atoms with Crippen molar-refractivity contribution in [1.29, 1.82) is 0 Å². The number of cyclic esters (lactones) is 1.